The zero-order chi connectivity index (χ0) is 12.0. The molecule has 0 aromatic heterocycles. The smallest absolute Gasteiger partial charge is 0.330 e. The molecule has 16 heavy (non-hydrogen) atoms. The highest BCUT2D eigenvalue weighted by atomic mass is 16.5. The summed E-state index contributed by atoms with van der Waals surface area (Å²) in [6.45, 7) is 3.68. The summed E-state index contributed by atoms with van der Waals surface area (Å²) < 4.78 is 5.02. The first-order valence-corrected chi connectivity index (χ1v) is 6.15. The summed E-state index contributed by atoms with van der Waals surface area (Å²) in [5.41, 5.74) is 0. The van der Waals surface area contributed by atoms with Gasteiger partial charge < -0.3 is 9.84 Å². The van der Waals surface area contributed by atoms with Crippen LogP contribution in [0.3, 0.4) is 0 Å². The van der Waals surface area contributed by atoms with Crippen molar-refractivity contribution in [1.82, 2.24) is 0 Å². The van der Waals surface area contributed by atoms with Gasteiger partial charge in [-0.2, -0.15) is 0 Å². The van der Waals surface area contributed by atoms with Gasteiger partial charge in [0.1, 0.15) is 0 Å². The second kappa shape index (κ2) is 6.69. The molecule has 0 aromatic rings. The van der Waals surface area contributed by atoms with Crippen LogP contribution in [0.1, 0.15) is 46.0 Å². The minimum absolute atomic E-state index is 0.0619. The molecule has 0 aliphatic heterocycles. The van der Waals surface area contributed by atoms with Crippen molar-refractivity contribution in [2.75, 3.05) is 0 Å². The van der Waals surface area contributed by atoms with E-state index in [0.717, 1.165) is 32.1 Å². The molecule has 0 radical (unpaired) electrons. The molecule has 3 heteroatoms. The van der Waals surface area contributed by atoms with Gasteiger partial charge in [0, 0.05) is 6.08 Å². The van der Waals surface area contributed by atoms with Gasteiger partial charge in [0.05, 0.1) is 12.2 Å². The fourth-order valence-corrected chi connectivity index (χ4v) is 1.99. The van der Waals surface area contributed by atoms with E-state index in [1.165, 1.54) is 6.08 Å². The number of allylic oxidation sites excluding steroid dienone is 1. The number of carbonyl (C=O) groups excluding carboxylic acids is 1. The van der Waals surface area contributed by atoms with Crippen molar-refractivity contribution in [3.63, 3.8) is 0 Å². The quantitative estimate of drug-likeness (QED) is 0.457. The van der Waals surface area contributed by atoms with Crippen LogP contribution in [0.5, 0.6) is 0 Å². The van der Waals surface area contributed by atoms with Crippen LogP contribution in [0.2, 0.25) is 0 Å². The molecule has 1 aliphatic rings. The number of hydrogen-bond acceptors (Lipinski definition) is 3. The molecule has 1 saturated carbocycles. The van der Waals surface area contributed by atoms with Crippen molar-refractivity contribution >= 4 is 5.97 Å². The highest BCUT2D eigenvalue weighted by molar-refractivity contribution is 5.82. The largest absolute Gasteiger partial charge is 0.460 e. The molecule has 0 amide bonds. The minimum Gasteiger partial charge on any atom is -0.460 e. The van der Waals surface area contributed by atoms with Crippen molar-refractivity contribution in [3.8, 4) is 0 Å². The van der Waals surface area contributed by atoms with Gasteiger partial charge in [-0.1, -0.05) is 12.5 Å². The van der Waals surface area contributed by atoms with E-state index < -0.39 is 0 Å². The predicted octanol–water partition coefficient (Wildman–Crippen LogP) is 2.44. The lowest BCUT2D eigenvalue weighted by Gasteiger charge is -2.08. The maximum absolute atomic E-state index is 11.3. The Morgan fingerprint density at radius 1 is 1.31 bits per heavy atom. The molecule has 1 aliphatic carbocycles. The van der Waals surface area contributed by atoms with Crippen LogP contribution in [-0.2, 0) is 9.53 Å². The molecular weight excluding hydrogens is 204 g/mol. The first kappa shape index (κ1) is 13.2. The van der Waals surface area contributed by atoms with Gasteiger partial charge in [-0.15, -0.1) is 0 Å². The highest BCUT2D eigenvalue weighted by Gasteiger charge is 2.15. The third-order valence-electron chi connectivity index (χ3n) is 2.84. The number of hydrogen-bond donors (Lipinski definition) is 1. The van der Waals surface area contributed by atoms with Gasteiger partial charge in [-0.3, -0.25) is 0 Å². The Hall–Kier alpha value is -0.830. The Balaban J connectivity index is 2.35. The molecule has 0 spiro atoms. The van der Waals surface area contributed by atoms with E-state index in [0.29, 0.717) is 5.92 Å². The topological polar surface area (TPSA) is 46.5 Å². The minimum atomic E-state index is -0.264. The van der Waals surface area contributed by atoms with Crippen LogP contribution >= 0.6 is 0 Å². The number of ether oxygens (including phenoxy) is 1. The second-order valence-electron chi connectivity index (χ2n) is 4.77. The summed E-state index contributed by atoms with van der Waals surface area (Å²) in [6.07, 6.45) is 8.04. The number of carbonyl (C=O) groups is 1. The van der Waals surface area contributed by atoms with Crippen LogP contribution in [0.4, 0.5) is 0 Å². The van der Waals surface area contributed by atoms with E-state index in [2.05, 4.69) is 0 Å². The maximum atomic E-state index is 11.3. The fourth-order valence-electron chi connectivity index (χ4n) is 1.99. The van der Waals surface area contributed by atoms with Crippen molar-refractivity contribution in [3.05, 3.63) is 12.2 Å². The third kappa shape index (κ3) is 5.31. The third-order valence-corrected chi connectivity index (χ3v) is 2.84. The van der Waals surface area contributed by atoms with Crippen molar-refractivity contribution in [2.24, 2.45) is 5.92 Å². The van der Waals surface area contributed by atoms with Crippen molar-refractivity contribution < 1.29 is 14.6 Å². The molecule has 1 N–H and O–H groups in total. The van der Waals surface area contributed by atoms with Crippen LogP contribution in [0, 0.1) is 5.92 Å². The predicted molar refractivity (Wildman–Crippen MR) is 62.9 cm³/mol. The van der Waals surface area contributed by atoms with Crippen molar-refractivity contribution in [1.29, 1.82) is 0 Å². The second-order valence-corrected chi connectivity index (χ2v) is 4.77. The average Bonchev–Trinajstić information content (AvgIpc) is 2.39. The fraction of sp³-hybridized carbons (Fsp3) is 0.769. The monoisotopic (exact) mass is 226 g/mol. The Morgan fingerprint density at radius 2 is 2.06 bits per heavy atom. The maximum Gasteiger partial charge on any atom is 0.330 e. The van der Waals surface area contributed by atoms with Gasteiger partial charge in [-0.05, 0) is 45.4 Å². The first-order chi connectivity index (χ1) is 7.58. The van der Waals surface area contributed by atoms with Crippen LogP contribution in [0.25, 0.3) is 0 Å². The highest BCUT2D eigenvalue weighted by Crippen LogP contribution is 2.24. The van der Waals surface area contributed by atoms with E-state index in [4.69, 9.17) is 4.74 Å². The van der Waals surface area contributed by atoms with Crippen LogP contribution in [0.15, 0.2) is 12.2 Å². The van der Waals surface area contributed by atoms with Crippen LogP contribution in [-0.4, -0.2) is 23.3 Å². The van der Waals surface area contributed by atoms with Crippen molar-refractivity contribution in [2.45, 2.75) is 58.2 Å². The zero-order valence-electron chi connectivity index (χ0n) is 10.2. The standard InChI is InChI=1S/C13H22O3/c1-10(2)16-13(15)9-7-11-4-3-5-12(14)8-6-11/h7,9-12,14H,3-6,8H2,1-2H3. The summed E-state index contributed by atoms with van der Waals surface area (Å²) in [7, 11) is 0. The Labute approximate surface area is 97.5 Å². The molecule has 1 rings (SSSR count). The van der Waals surface area contributed by atoms with Crippen LogP contribution < -0.4 is 0 Å². The molecule has 3 nitrogen and oxygen atoms in total. The van der Waals surface area contributed by atoms with Gasteiger partial charge in [0.2, 0.25) is 0 Å². The lowest BCUT2D eigenvalue weighted by Crippen LogP contribution is -2.09. The normalized spacial score (nSPS) is 27.0. The van der Waals surface area contributed by atoms with E-state index in [1.54, 1.807) is 0 Å². The average molecular weight is 226 g/mol. The Kier molecular flexibility index (Phi) is 5.53. The Bertz CT molecular complexity index is 246. The zero-order valence-corrected chi connectivity index (χ0v) is 10.2. The number of aliphatic hydroxyl groups is 1. The van der Waals surface area contributed by atoms with E-state index in [9.17, 15) is 9.90 Å². The number of esters is 1. The SMILES string of the molecule is CC(C)OC(=O)C=CC1CCCC(O)CC1. The summed E-state index contributed by atoms with van der Waals surface area (Å²) >= 11 is 0. The lowest BCUT2D eigenvalue weighted by atomic mass is 10.00. The molecule has 1 fully saturated rings. The molecule has 0 heterocycles. The molecule has 0 saturated heterocycles. The van der Waals surface area contributed by atoms with Gasteiger partial charge in [0.25, 0.3) is 0 Å². The van der Waals surface area contributed by atoms with E-state index in [-0.39, 0.29) is 18.2 Å². The number of aliphatic hydroxyl groups excluding tert-OH is 1. The summed E-state index contributed by atoms with van der Waals surface area (Å²) in [4.78, 5) is 11.3. The molecule has 0 aromatic carbocycles. The summed E-state index contributed by atoms with van der Waals surface area (Å²) in [5, 5.41) is 9.49. The molecular formula is C13H22O3. The summed E-state index contributed by atoms with van der Waals surface area (Å²) in [6, 6.07) is 0. The molecule has 2 atom stereocenters. The first-order valence-electron chi connectivity index (χ1n) is 6.15. The molecule has 92 valence electrons. The van der Waals surface area contributed by atoms with Gasteiger partial charge in [-0.25, -0.2) is 4.79 Å². The van der Waals surface area contributed by atoms with Gasteiger partial charge in [0.15, 0.2) is 0 Å². The van der Waals surface area contributed by atoms with E-state index >= 15 is 0 Å². The lowest BCUT2D eigenvalue weighted by molar-refractivity contribution is -0.141. The number of rotatable bonds is 3. The van der Waals surface area contributed by atoms with E-state index in [1.807, 2.05) is 19.9 Å². The summed E-state index contributed by atoms with van der Waals surface area (Å²) in [5.74, 6) is 0.150. The van der Waals surface area contributed by atoms with Gasteiger partial charge >= 0.3 is 5.97 Å². The molecule has 0 bridgehead atoms. The Morgan fingerprint density at radius 3 is 2.75 bits per heavy atom. The molecule has 2 unspecified atom stereocenters.